The molecule has 0 spiro atoms. The van der Waals surface area contributed by atoms with E-state index in [9.17, 15) is 69.3 Å². The van der Waals surface area contributed by atoms with Gasteiger partial charge in [0.1, 0.15) is 69.7 Å². The number of fused-ring (bicyclic) bond motifs is 6. The van der Waals surface area contributed by atoms with Crippen molar-refractivity contribution in [2.45, 2.75) is 297 Å². The molecular weight excluding hydrogens is 1840 g/mol. The number of aliphatic carboxylic acids is 1. The van der Waals surface area contributed by atoms with Crippen LogP contribution in [0.4, 0.5) is 4.79 Å². The van der Waals surface area contributed by atoms with Crippen LogP contribution < -0.4 is 10.6 Å². The number of carbonyl (C=O) groups excluding carboxylic acids is 6. The van der Waals surface area contributed by atoms with Crippen molar-refractivity contribution in [3.8, 4) is 46.0 Å². The van der Waals surface area contributed by atoms with Crippen molar-refractivity contribution < 1.29 is 84.3 Å². The van der Waals surface area contributed by atoms with E-state index in [1.807, 2.05) is 152 Å². The topological polar surface area (TPSA) is 361 Å². The second-order valence-corrected chi connectivity index (χ2v) is 46.9. The van der Waals surface area contributed by atoms with Crippen LogP contribution in [0.3, 0.4) is 0 Å². The number of ether oxygens (including phenoxy) is 1. The van der Waals surface area contributed by atoms with Gasteiger partial charge >= 0.3 is 12.1 Å². The summed E-state index contributed by atoms with van der Waals surface area (Å²) in [7, 11) is 0. The summed E-state index contributed by atoms with van der Waals surface area (Å²) in [6, 6.07) is 53.5. The number of piperazine rings is 4. The standard InChI is InChI=1S/C34H47N3O5.C29H37N3O4.C28H36N2O4.C19H30N2O.C9H10O3/c1-21(2)30-20-35-17-22(3)34(7,25-9-8-10-27(38)15-25)16-26(35)19-36(30)31(40)29-14-23-11-12-28(39)13-24(23)18-37(29)32(41)42-33(4,5)6;1-17(2)26-28(36)31-15-18(3)29(4,21-6-5-7-23(33)12-21)13-22(31)16-32(26)27(35)25-11-19-8-9-24(34)10-20(19)14-30-25;1-18(2)26-27(34)29-16-19(3)28(4,21-6-5-7-24(32)14-21)15-22(29)17-30(26)25(33)13-10-20-8-11-23(31)12-9-20;1-13(2)18-12-21-11-14(3)19(4,9-16(21)10-20-18)15-6-5-7-17(22)8-15;10-8-4-1-7(2-5-8)3-6-9(11)12/h8-13,15,21-22,26,29-30,38-39H,14,16-20H2,1-7H3;5-10,12,17-18,22,25-26,30,33-34H,11,13-16H2,1-4H3;5-9,11-12,14,18-19,22,26,31-32H,10,13,15-17H2,1-4H3;5-8,13-14,16,18,20,22H,9-12H2,1-4H3;1-2,4-5,10H,3,6H2,(H,11,12)/t22-,26+,29?,30+,34+;18-,22+,25?,26-,29+;19-,22+,26-,28+;14-,16+,18+,19+;/m0000./s1. The van der Waals surface area contributed by atoms with Crippen molar-refractivity contribution in [3.05, 3.63) is 238 Å². The molecule has 8 fully saturated rings. The second kappa shape index (κ2) is 45.4. The quantitative estimate of drug-likeness (QED) is 0.0428. The zero-order valence-corrected chi connectivity index (χ0v) is 89.1. The summed E-state index contributed by atoms with van der Waals surface area (Å²) in [5.74, 6) is 3.51. The first-order valence-electron chi connectivity index (χ1n) is 53.0. The third-order valence-electron chi connectivity index (χ3n) is 34.3. The number of piperidine rings is 4. The van der Waals surface area contributed by atoms with Gasteiger partial charge in [-0.2, -0.15) is 0 Å². The van der Waals surface area contributed by atoms with Gasteiger partial charge in [-0.15, -0.1) is 0 Å². The summed E-state index contributed by atoms with van der Waals surface area (Å²) in [5, 5.41) is 94.1. The summed E-state index contributed by atoms with van der Waals surface area (Å²) in [4.78, 5) is 110. The summed E-state index contributed by atoms with van der Waals surface area (Å²) in [6.45, 7) is 49.3. The Morgan fingerprint density at radius 3 is 1.23 bits per heavy atom. The number of aromatic hydroxyl groups is 8. The summed E-state index contributed by atoms with van der Waals surface area (Å²) >= 11 is 0. The fourth-order valence-electron chi connectivity index (χ4n) is 24.7. The van der Waals surface area contributed by atoms with Gasteiger partial charge in [-0.1, -0.05) is 196 Å². The normalized spacial score (nSPS) is 28.2. The maximum absolute atomic E-state index is 14.6. The zero-order chi connectivity index (χ0) is 106. The molecule has 18 rings (SSSR count). The Morgan fingerprint density at radius 2 is 0.795 bits per heavy atom. The minimum absolute atomic E-state index is 0.00236. The Balaban J connectivity index is 0.000000150. The maximum atomic E-state index is 14.6. The highest BCUT2D eigenvalue weighted by atomic mass is 16.6. The van der Waals surface area contributed by atoms with Crippen LogP contribution in [0, 0.1) is 47.3 Å². The highest BCUT2D eigenvalue weighted by Crippen LogP contribution is 2.51. The maximum Gasteiger partial charge on any atom is 0.411 e. The number of rotatable bonds is 16. The SMILES string of the molecule is CC(C)[C@H]1C(=O)N2C[C@H](C)[C@](C)(c3cccc(O)c3)C[C@@H]2CN1C(=O)C1Cc2ccc(O)cc2CN1.CC(C)[C@H]1C(=O)N2C[C@H](C)[C@](C)(c3cccc(O)c3)C[C@@H]2CN1C(=O)CCc1ccc(O)cc1.CC(C)[C@H]1CN2C[C@H](C)[C@](C)(c3cccc(O)c3)C[C@@H]2CN1.CC(C)[C@H]1CN2C[C@H](C)[C@](C)(c3cccc(O)c3)C[C@@H]2CN1C(=O)C1Cc2ccc(O)cc2CN1C(=O)OC(C)(C)C.O=C(O)CCc1ccc(O)cc1. The van der Waals surface area contributed by atoms with Gasteiger partial charge in [-0.25, -0.2) is 4.79 Å². The molecule has 10 aliphatic heterocycles. The molecule has 146 heavy (non-hydrogen) atoms. The lowest BCUT2D eigenvalue weighted by Crippen LogP contribution is -2.70. The van der Waals surface area contributed by atoms with Gasteiger partial charge in [0.15, 0.2) is 0 Å². The predicted octanol–water partition coefficient (Wildman–Crippen LogP) is 17.0. The van der Waals surface area contributed by atoms with Crippen molar-refractivity contribution in [2.75, 3.05) is 65.4 Å². The van der Waals surface area contributed by atoms with Crippen LogP contribution in [0.15, 0.2) is 182 Å². The van der Waals surface area contributed by atoms with E-state index in [4.69, 9.17) is 14.9 Å². The molecule has 0 aliphatic carbocycles. The highest BCUT2D eigenvalue weighted by Gasteiger charge is 2.56. The third-order valence-corrected chi connectivity index (χ3v) is 34.3. The number of phenolic OH excluding ortho intramolecular Hbond substituents is 8. The second-order valence-electron chi connectivity index (χ2n) is 46.9. The number of benzene rings is 8. The molecule has 18 atom stereocenters. The van der Waals surface area contributed by atoms with Crippen LogP contribution in [-0.2, 0) is 93.9 Å². The molecular formula is C119H160N10O17. The van der Waals surface area contributed by atoms with E-state index in [1.165, 1.54) is 12.1 Å². The largest absolute Gasteiger partial charge is 0.508 e. The Morgan fingerprint density at radius 1 is 0.397 bits per heavy atom. The lowest BCUT2D eigenvalue weighted by Gasteiger charge is -2.56. The van der Waals surface area contributed by atoms with Gasteiger partial charge in [0.2, 0.25) is 29.5 Å². The fraction of sp³-hybridized carbons (Fsp3) is 0.538. The van der Waals surface area contributed by atoms with E-state index >= 15 is 0 Å². The number of carboxylic acid groups (broad SMARTS) is 1. The van der Waals surface area contributed by atoms with E-state index in [0.29, 0.717) is 107 Å². The molecule has 0 radical (unpaired) electrons. The van der Waals surface area contributed by atoms with Gasteiger partial charge in [-0.05, 0) is 287 Å². The monoisotopic (exact) mass is 2000 g/mol. The van der Waals surface area contributed by atoms with Gasteiger partial charge < -0.3 is 85.8 Å². The van der Waals surface area contributed by atoms with Gasteiger partial charge in [0, 0.05) is 115 Å². The van der Waals surface area contributed by atoms with Crippen molar-refractivity contribution in [1.29, 1.82) is 0 Å². The first-order valence-corrected chi connectivity index (χ1v) is 53.0. The van der Waals surface area contributed by atoms with Crippen LogP contribution in [0.5, 0.6) is 46.0 Å². The average Bonchev–Trinajstić information content (AvgIpc) is 0.737. The van der Waals surface area contributed by atoms with E-state index in [2.05, 4.69) is 122 Å². The fourth-order valence-corrected chi connectivity index (χ4v) is 24.7. The molecule has 788 valence electrons. The van der Waals surface area contributed by atoms with E-state index in [1.54, 1.807) is 89.8 Å². The number of aryl methyl sites for hydroxylation is 2. The Bertz CT molecular complexity index is 5930. The van der Waals surface area contributed by atoms with Crippen LogP contribution >= 0.6 is 0 Å². The Hall–Kier alpha value is -11.9. The molecule has 0 saturated carbocycles. The van der Waals surface area contributed by atoms with Gasteiger partial charge in [0.25, 0.3) is 0 Å². The smallest absolute Gasteiger partial charge is 0.411 e. The number of amides is 6. The zero-order valence-electron chi connectivity index (χ0n) is 89.1. The lowest BCUT2D eigenvalue weighted by molar-refractivity contribution is -0.163. The summed E-state index contributed by atoms with van der Waals surface area (Å²) in [6.07, 6.45) is 5.45. The van der Waals surface area contributed by atoms with Gasteiger partial charge in [-0.3, -0.25) is 43.5 Å². The van der Waals surface area contributed by atoms with Crippen molar-refractivity contribution in [2.24, 2.45) is 47.3 Å². The summed E-state index contributed by atoms with van der Waals surface area (Å²) in [5.41, 5.74) is 9.19. The molecule has 27 heteroatoms. The number of hydrogen-bond donors (Lipinski definition) is 11. The predicted molar refractivity (Wildman–Crippen MR) is 567 cm³/mol. The number of hydrogen-bond acceptors (Lipinski definition) is 20. The lowest BCUT2D eigenvalue weighted by atomic mass is 9.65. The van der Waals surface area contributed by atoms with Crippen LogP contribution in [0.25, 0.3) is 0 Å². The number of carboxylic acids is 1. The molecule has 11 N–H and O–H groups in total. The molecule has 0 bridgehead atoms. The number of nitrogens with zero attached hydrogens (tertiary/aromatic N) is 8. The first kappa shape index (κ1) is 110. The molecule has 8 aromatic rings. The van der Waals surface area contributed by atoms with Crippen LogP contribution in [0.2, 0.25) is 0 Å². The van der Waals surface area contributed by atoms with Crippen molar-refractivity contribution in [3.63, 3.8) is 0 Å². The van der Waals surface area contributed by atoms with Crippen LogP contribution in [0.1, 0.15) is 226 Å². The molecule has 8 saturated heterocycles. The molecule has 27 nitrogen and oxygen atoms in total. The molecule has 8 aromatic carbocycles. The van der Waals surface area contributed by atoms with E-state index in [-0.39, 0.29) is 158 Å². The highest BCUT2D eigenvalue weighted by molar-refractivity contribution is 5.93. The molecule has 2 unspecified atom stereocenters. The van der Waals surface area contributed by atoms with Gasteiger partial charge in [0.05, 0.1) is 24.7 Å². The average molecular weight is 2000 g/mol. The third kappa shape index (κ3) is 24.7. The van der Waals surface area contributed by atoms with E-state index < -0.39 is 41.8 Å². The van der Waals surface area contributed by atoms with Crippen LogP contribution in [-0.4, -0.2) is 258 Å². The number of carbonyl (C=O) groups is 7. The molecule has 10 aliphatic rings. The molecule has 6 amide bonds. The summed E-state index contributed by atoms with van der Waals surface area (Å²) < 4.78 is 5.77. The molecule has 0 aromatic heterocycles. The molecule has 10 heterocycles. The number of nitrogens with one attached hydrogen (secondary N) is 2. The van der Waals surface area contributed by atoms with Crippen molar-refractivity contribution >= 4 is 41.6 Å². The van der Waals surface area contributed by atoms with E-state index in [0.717, 1.165) is 102 Å². The number of phenols is 8. The Labute approximate surface area is 863 Å². The Kier molecular flexibility index (Phi) is 34.2. The minimum atomic E-state index is -0.803. The first-order chi connectivity index (χ1) is 68.9. The minimum Gasteiger partial charge on any atom is -0.508 e. The van der Waals surface area contributed by atoms with Crippen molar-refractivity contribution in [1.82, 2.24) is 49.8 Å².